The van der Waals surface area contributed by atoms with Crippen LogP contribution in [0.1, 0.15) is 30.3 Å². The smallest absolute Gasteiger partial charge is 0.191 e. The van der Waals surface area contributed by atoms with Crippen molar-refractivity contribution in [3.05, 3.63) is 54.0 Å². The Morgan fingerprint density at radius 2 is 2.16 bits per heavy atom. The molecule has 1 aliphatic rings. The Bertz CT molecular complexity index is 683. The van der Waals surface area contributed by atoms with Crippen molar-refractivity contribution >= 4 is 5.96 Å². The molecule has 3 rings (SSSR count). The van der Waals surface area contributed by atoms with E-state index in [2.05, 4.69) is 25.5 Å². The highest BCUT2D eigenvalue weighted by Gasteiger charge is 2.25. The Balaban J connectivity index is 1.58. The lowest BCUT2D eigenvalue weighted by atomic mass is 10.2. The molecule has 1 unspecified atom stereocenters. The van der Waals surface area contributed by atoms with Crippen molar-refractivity contribution in [2.24, 2.45) is 4.99 Å². The molecule has 0 aliphatic carbocycles. The number of nitrogens with zero attached hydrogens (tertiary/aromatic N) is 3. The number of guanidine groups is 1. The van der Waals surface area contributed by atoms with E-state index in [1.807, 2.05) is 12.1 Å². The number of likely N-dealkylation sites (tertiary alicyclic amines) is 1. The average Bonchev–Trinajstić information content (AvgIpc) is 3.33. The highest BCUT2D eigenvalue weighted by atomic mass is 19.1. The van der Waals surface area contributed by atoms with Crippen LogP contribution in [-0.4, -0.2) is 42.5 Å². The fraction of sp³-hybridized carbons (Fsp3) is 0.444. The fourth-order valence-corrected chi connectivity index (χ4v) is 3.07. The van der Waals surface area contributed by atoms with Crippen LogP contribution in [0.15, 0.2) is 46.1 Å². The summed E-state index contributed by atoms with van der Waals surface area (Å²) >= 11 is 0. The molecule has 0 amide bonds. The minimum Gasteiger partial charge on any atom is -0.468 e. The van der Waals surface area contributed by atoms with Gasteiger partial charge in [-0.2, -0.15) is 0 Å². The van der Waals surface area contributed by atoms with E-state index in [0.29, 0.717) is 18.2 Å². The predicted molar refractivity (Wildman–Crippen MR) is 94.7 cm³/mol. The van der Waals surface area contributed by atoms with Crippen molar-refractivity contribution in [1.82, 2.24) is 20.5 Å². The quantitative estimate of drug-likeness (QED) is 0.621. The number of hydrogen-bond acceptors (Lipinski definition) is 4. The standard InChI is InChI=1S/C18H24FN5O/c1-20-18(22-12-15-14(19)6-4-8-21-15)23-13-16(17-7-5-11-25-17)24-9-2-3-10-24/h4-8,11,16H,2-3,9-10,12-13H2,1H3,(H2,20,22,23). The van der Waals surface area contributed by atoms with Gasteiger partial charge >= 0.3 is 0 Å². The van der Waals surface area contributed by atoms with Gasteiger partial charge in [-0.1, -0.05) is 0 Å². The minimum absolute atomic E-state index is 0.155. The van der Waals surface area contributed by atoms with Crippen molar-refractivity contribution in [1.29, 1.82) is 0 Å². The topological polar surface area (TPSA) is 65.7 Å². The lowest BCUT2D eigenvalue weighted by molar-refractivity contribution is 0.215. The zero-order valence-corrected chi connectivity index (χ0v) is 14.4. The van der Waals surface area contributed by atoms with E-state index in [1.54, 1.807) is 25.6 Å². The molecule has 0 saturated carbocycles. The Hall–Kier alpha value is -2.41. The molecule has 1 fully saturated rings. The summed E-state index contributed by atoms with van der Waals surface area (Å²) in [4.78, 5) is 10.7. The van der Waals surface area contributed by atoms with Gasteiger partial charge in [0.25, 0.3) is 0 Å². The van der Waals surface area contributed by atoms with Crippen LogP contribution in [0.25, 0.3) is 0 Å². The number of aliphatic imine (C=N–C) groups is 1. The van der Waals surface area contributed by atoms with Crippen LogP contribution in [0.2, 0.25) is 0 Å². The van der Waals surface area contributed by atoms with Gasteiger partial charge in [0.15, 0.2) is 5.96 Å². The second kappa shape index (κ2) is 8.62. The Morgan fingerprint density at radius 3 is 2.84 bits per heavy atom. The van der Waals surface area contributed by atoms with Gasteiger partial charge in [0.05, 0.1) is 24.5 Å². The molecule has 1 atom stereocenters. The number of pyridine rings is 1. The van der Waals surface area contributed by atoms with E-state index < -0.39 is 0 Å². The van der Waals surface area contributed by atoms with Crippen LogP contribution in [0.3, 0.4) is 0 Å². The van der Waals surface area contributed by atoms with Crippen LogP contribution in [0.5, 0.6) is 0 Å². The van der Waals surface area contributed by atoms with Gasteiger partial charge in [-0.3, -0.25) is 14.9 Å². The van der Waals surface area contributed by atoms with Crippen LogP contribution in [0, 0.1) is 5.82 Å². The monoisotopic (exact) mass is 345 g/mol. The number of nitrogens with one attached hydrogen (secondary N) is 2. The van der Waals surface area contributed by atoms with E-state index in [9.17, 15) is 4.39 Å². The third-order valence-electron chi connectivity index (χ3n) is 4.40. The molecule has 0 bridgehead atoms. The molecular weight excluding hydrogens is 321 g/mol. The Morgan fingerprint density at radius 1 is 1.32 bits per heavy atom. The van der Waals surface area contributed by atoms with Crippen molar-refractivity contribution in [2.75, 3.05) is 26.7 Å². The summed E-state index contributed by atoms with van der Waals surface area (Å²) in [6.07, 6.45) is 5.71. The van der Waals surface area contributed by atoms with Gasteiger partial charge in [0.2, 0.25) is 0 Å². The molecule has 0 radical (unpaired) electrons. The molecule has 1 aliphatic heterocycles. The van der Waals surface area contributed by atoms with Gasteiger partial charge < -0.3 is 15.1 Å². The van der Waals surface area contributed by atoms with E-state index in [-0.39, 0.29) is 18.4 Å². The van der Waals surface area contributed by atoms with Crippen molar-refractivity contribution in [2.45, 2.75) is 25.4 Å². The fourth-order valence-electron chi connectivity index (χ4n) is 3.07. The molecule has 2 N–H and O–H groups in total. The SMILES string of the molecule is CN=C(NCc1ncccc1F)NCC(c1ccco1)N1CCCC1. The summed E-state index contributed by atoms with van der Waals surface area (Å²) in [6.45, 7) is 3.08. The maximum atomic E-state index is 13.7. The average molecular weight is 345 g/mol. The lowest BCUT2D eigenvalue weighted by Crippen LogP contribution is -2.42. The van der Waals surface area contributed by atoms with Crippen molar-refractivity contribution in [3.63, 3.8) is 0 Å². The van der Waals surface area contributed by atoms with Crippen LogP contribution in [-0.2, 0) is 6.54 Å². The van der Waals surface area contributed by atoms with Crippen molar-refractivity contribution in [3.8, 4) is 0 Å². The molecule has 6 nitrogen and oxygen atoms in total. The summed E-state index contributed by atoms with van der Waals surface area (Å²) in [7, 11) is 1.70. The Labute approximate surface area is 147 Å². The van der Waals surface area contributed by atoms with Gasteiger partial charge in [-0.15, -0.1) is 0 Å². The second-order valence-electron chi connectivity index (χ2n) is 6.01. The van der Waals surface area contributed by atoms with E-state index in [0.717, 1.165) is 18.8 Å². The molecule has 3 heterocycles. The van der Waals surface area contributed by atoms with Gasteiger partial charge in [-0.25, -0.2) is 4.39 Å². The molecular formula is C18H24FN5O. The number of furan rings is 1. The van der Waals surface area contributed by atoms with Gasteiger partial charge in [0, 0.05) is 19.8 Å². The second-order valence-corrected chi connectivity index (χ2v) is 6.01. The summed E-state index contributed by atoms with van der Waals surface area (Å²) in [5.41, 5.74) is 0.368. The maximum absolute atomic E-state index is 13.7. The van der Waals surface area contributed by atoms with E-state index >= 15 is 0 Å². The number of rotatable bonds is 6. The third kappa shape index (κ3) is 4.57. The first-order valence-electron chi connectivity index (χ1n) is 8.59. The summed E-state index contributed by atoms with van der Waals surface area (Å²) in [5, 5.41) is 6.42. The molecule has 2 aromatic heterocycles. The van der Waals surface area contributed by atoms with Crippen LogP contribution in [0.4, 0.5) is 4.39 Å². The maximum Gasteiger partial charge on any atom is 0.191 e. The molecule has 1 saturated heterocycles. The molecule has 0 spiro atoms. The highest BCUT2D eigenvalue weighted by molar-refractivity contribution is 5.79. The molecule has 2 aromatic rings. The summed E-state index contributed by atoms with van der Waals surface area (Å²) in [5.74, 6) is 1.23. The number of aromatic nitrogens is 1. The predicted octanol–water partition coefficient (Wildman–Crippen LogP) is 2.32. The summed E-state index contributed by atoms with van der Waals surface area (Å²) in [6, 6.07) is 7.05. The zero-order valence-electron chi connectivity index (χ0n) is 14.4. The third-order valence-corrected chi connectivity index (χ3v) is 4.40. The van der Waals surface area contributed by atoms with Crippen LogP contribution >= 0.6 is 0 Å². The van der Waals surface area contributed by atoms with Gasteiger partial charge in [0.1, 0.15) is 11.6 Å². The number of halogens is 1. The first-order chi connectivity index (χ1) is 12.3. The lowest BCUT2D eigenvalue weighted by Gasteiger charge is -2.26. The number of hydrogen-bond donors (Lipinski definition) is 2. The minimum atomic E-state index is -0.323. The molecule has 0 aromatic carbocycles. The molecule has 25 heavy (non-hydrogen) atoms. The van der Waals surface area contributed by atoms with Crippen LogP contribution < -0.4 is 10.6 Å². The van der Waals surface area contributed by atoms with Gasteiger partial charge in [-0.05, 0) is 50.2 Å². The molecule has 7 heteroatoms. The highest BCUT2D eigenvalue weighted by Crippen LogP contribution is 2.24. The molecule has 134 valence electrons. The summed E-state index contributed by atoms with van der Waals surface area (Å²) < 4.78 is 19.3. The first kappa shape index (κ1) is 17.4. The van der Waals surface area contributed by atoms with Crippen molar-refractivity contribution < 1.29 is 8.81 Å². The van der Waals surface area contributed by atoms with E-state index in [1.165, 1.54) is 18.9 Å². The largest absolute Gasteiger partial charge is 0.468 e. The Kier molecular flexibility index (Phi) is 6.00. The zero-order chi connectivity index (χ0) is 17.5. The van der Waals surface area contributed by atoms with E-state index in [4.69, 9.17) is 4.42 Å². The first-order valence-corrected chi connectivity index (χ1v) is 8.59. The normalized spacial score (nSPS) is 16.8.